The van der Waals surface area contributed by atoms with E-state index in [1.165, 1.54) is 5.56 Å². The van der Waals surface area contributed by atoms with Gasteiger partial charge in [-0.25, -0.2) is 0 Å². The summed E-state index contributed by atoms with van der Waals surface area (Å²) in [5.74, 6) is 1.96. The zero-order chi connectivity index (χ0) is 23.6. The van der Waals surface area contributed by atoms with Crippen molar-refractivity contribution >= 4 is 12.3 Å². The summed E-state index contributed by atoms with van der Waals surface area (Å²) in [4.78, 5) is 27.2. The molecule has 0 spiro atoms. The van der Waals surface area contributed by atoms with E-state index in [2.05, 4.69) is 48.3 Å². The predicted octanol–water partition coefficient (Wildman–Crippen LogP) is 3.21. The topological polar surface area (TPSA) is 71.1 Å². The number of nitrogens with zero attached hydrogens (tertiary/aromatic N) is 2. The standard InChI is InChI=1S/C26H35N3O4/c1-20(2)15-25(31)29-13-11-28(12-14-29)17-21-7-9-22(10-8-21)18-33-24-6-4-5-23(16-27-19-30)26(24)32-3/h4-10,19-20H,11-18H2,1-3H3,(H,27,30). The summed E-state index contributed by atoms with van der Waals surface area (Å²) >= 11 is 0. The molecular formula is C26H35N3O4. The average molecular weight is 454 g/mol. The second-order valence-electron chi connectivity index (χ2n) is 8.81. The van der Waals surface area contributed by atoms with Gasteiger partial charge in [0.15, 0.2) is 11.5 Å². The molecule has 1 aliphatic rings. The van der Waals surface area contributed by atoms with Gasteiger partial charge in [0.2, 0.25) is 12.3 Å². The maximum absolute atomic E-state index is 12.3. The van der Waals surface area contributed by atoms with E-state index in [1.54, 1.807) is 7.11 Å². The number of hydrogen-bond donors (Lipinski definition) is 1. The van der Waals surface area contributed by atoms with Crippen LogP contribution in [0, 0.1) is 5.92 Å². The maximum Gasteiger partial charge on any atom is 0.222 e. The third-order valence-electron chi connectivity index (χ3n) is 5.77. The molecule has 0 saturated carbocycles. The van der Waals surface area contributed by atoms with Crippen molar-refractivity contribution in [2.45, 2.75) is 40.0 Å². The largest absolute Gasteiger partial charge is 0.493 e. The molecule has 3 rings (SSSR count). The summed E-state index contributed by atoms with van der Waals surface area (Å²) in [5.41, 5.74) is 3.19. The highest BCUT2D eigenvalue weighted by molar-refractivity contribution is 5.76. The van der Waals surface area contributed by atoms with E-state index in [1.807, 2.05) is 23.1 Å². The summed E-state index contributed by atoms with van der Waals surface area (Å²) in [5, 5.41) is 2.66. The third kappa shape index (κ3) is 7.22. The van der Waals surface area contributed by atoms with Crippen molar-refractivity contribution in [1.29, 1.82) is 0 Å². The Morgan fingerprint density at radius 3 is 2.39 bits per heavy atom. The number of ether oxygens (including phenoxy) is 2. The number of benzene rings is 2. The number of carbonyl (C=O) groups is 2. The van der Waals surface area contributed by atoms with Crippen LogP contribution in [-0.2, 0) is 29.3 Å². The first-order valence-corrected chi connectivity index (χ1v) is 11.5. The Morgan fingerprint density at radius 2 is 1.76 bits per heavy atom. The fraction of sp³-hybridized carbons (Fsp3) is 0.462. The lowest BCUT2D eigenvalue weighted by Crippen LogP contribution is -2.48. The second-order valence-corrected chi connectivity index (χ2v) is 8.81. The minimum atomic E-state index is 0.274. The number of methoxy groups -OCH3 is 1. The normalized spacial score (nSPS) is 14.2. The van der Waals surface area contributed by atoms with Gasteiger partial charge in [-0.3, -0.25) is 14.5 Å². The van der Waals surface area contributed by atoms with Crippen molar-refractivity contribution in [3.05, 3.63) is 59.2 Å². The van der Waals surface area contributed by atoms with Crippen LogP contribution in [0.4, 0.5) is 0 Å². The molecule has 0 atom stereocenters. The molecule has 0 unspecified atom stereocenters. The van der Waals surface area contributed by atoms with Gasteiger partial charge in [-0.2, -0.15) is 0 Å². The summed E-state index contributed by atoms with van der Waals surface area (Å²) in [6.45, 7) is 9.30. The van der Waals surface area contributed by atoms with Crippen molar-refractivity contribution in [3.63, 3.8) is 0 Å². The molecule has 1 aliphatic heterocycles. The summed E-state index contributed by atoms with van der Waals surface area (Å²) < 4.78 is 11.5. The van der Waals surface area contributed by atoms with Crippen molar-refractivity contribution < 1.29 is 19.1 Å². The minimum Gasteiger partial charge on any atom is -0.493 e. The number of rotatable bonds is 11. The molecule has 0 bridgehead atoms. The third-order valence-corrected chi connectivity index (χ3v) is 5.77. The van der Waals surface area contributed by atoms with E-state index in [0.29, 0.717) is 43.4 Å². The molecule has 1 heterocycles. The summed E-state index contributed by atoms with van der Waals surface area (Å²) in [6.07, 6.45) is 1.30. The van der Waals surface area contributed by atoms with Gasteiger partial charge in [-0.1, -0.05) is 50.2 Å². The lowest BCUT2D eigenvalue weighted by Gasteiger charge is -2.35. The molecule has 1 N–H and O–H groups in total. The summed E-state index contributed by atoms with van der Waals surface area (Å²) in [7, 11) is 1.60. The van der Waals surface area contributed by atoms with Crippen molar-refractivity contribution in [3.8, 4) is 11.5 Å². The van der Waals surface area contributed by atoms with Crippen LogP contribution in [0.1, 0.15) is 37.0 Å². The Balaban J connectivity index is 1.49. The number of amides is 2. The van der Waals surface area contributed by atoms with Crippen LogP contribution in [0.15, 0.2) is 42.5 Å². The van der Waals surface area contributed by atoms with E-state index >= 15 is 0 Å². The first kappa shape index (κ1) is 24.6. The van der Waals surface area contributed by atoms with E-state index in [9.17, 15) is 9.59 Å². The van der Waals surface area contributed by atoms with Crippen LogP contribution in [0.3, 0.4) is 0 Å². The van der Waals surface area contributed by atoms with Gasteiger partial charge in [0.05, 0.1) is 7.11 Å². The van der Waals surface area contributed by atoms with Gasteiger partial charge in [0.25, 0.3) is 0 Å². The average Bonchev–Trinajstić information content (AvgIpc) is 2.82. The van der Waals surface area contributed by atoms with Crippen LogP contribution in [0.2, 0.25) is 0 Å². The molecule has 7 nitrogen and oxygen atoms in total. The zero-order valence-corrected chi connectivity index (χ0v) is 19.9. The number of nitrogens with one attached hydrogen (secondary N) is 1. The number of hydrogen-bond acceptors (Lipinski definition) is 5. The quantitative estimate of drug-likeness (QED) is 0.529. The minimum absolute atomic E-state index is 0.274. The molecule has 7 heteroatoms. The van der Waals surface area contributed by atoms with E-state index in [-0.39, 0.29) is 5.91 Å². The Bertz CT molecular complexity index is 906. The first-order chi connectivity index (χ1) is 16.0. The van der Waals surface area contributed by atoms with E-state index in [4.69, 9.17) is 9.47 Å². The first-order valence-electron chi connectivity index (χ1n) is 11.5. The smallest absolute Gasteiger partial charge is 0.222 e. The van der Waals surface area contributed by atoms with Gasteiger partial charge in [-0.15, -0.1) is 0 Å². The van der Waals surface area contributed by atoms with Crippen LogP contribution >= 0.6 is 0 Å². The van der Waals surface area contributed by atoms with Crippen LogP contribution in [0.25, 0.3) is 0 Å². The molecule has 0 aromatic heterocycles. The monoisotopic (exact) mass is 453 g/mol. The van der Waals surface area contributed by atoms with Crippen LogP contribution in [-0.4, -0.2) is 55.4 Å². The van der Waals surface area contributed by atoms with Gasteiger partial charge in [-0.05, 0) is 23.1 Å². The number of carbonyl (C=O) groups excluding carboxylic acids is 2. The van der Waals surface area contributed by atoms with E-state index in [0.717, 1.165) is 43.9 Å². The van der Waals surface area contributed by atoms with Gasteiger partial charge in [0.1, 0.15) is 6.61 Å². The predicted molar refractivity (Wildman–Crippen MR) is 128 cm³/mol. The molecular weight excluding hydrogens is 418 g/mol. The molecule has 1 saturated heterocycles. The zero-order valence-electron chi connectivity index (χ0n) is 19.9. The SMILES string of the molecule is COc1c(CNC=O)cccc1OCc1ccc(CN2CCN(C(=O)CC(C)C)CC2)cc1. The Labute approximate surface area is 196 Å². The Kier molecular flexibility index (Phi) is 9.13. The van der Waals surface area contributed by atoms with Gasteiger partial charge >= 0.3 is 0 Å². The Hall–Kier alpha value is -3.06. The van der Waals surface area contributed by atoms with E-state index < -0.39 is 0 Å². The number of para-hydroxylation sites is 1. The second kappa shape index (κ2) is 12.3. The molecule has 0 aliphatic carbocycles. The highest BCUT2D eigenvalue weighted by atomic mass is 16.5. The fourth-order valence-corrected chi connectivity index (χ4v) is 3.99. The van der Waals surface area contributed by atoms with Gasteiger partial charge < -0.3 is 19.7 Å². The molecule has 2 amide bonds. The molecule has 0 radical (unpaired) electrons. The highest BCUT2D eigenvalue weighted by Crippen LogP contribution is 2.31. The fourth-order valence-electron chi connectivity index (χ4n) is 3.99. The molecule has 1 fully saturated rings. The van der Waals surface area contributed by atoms with Crippen molar-refractivity contribution in [2.75, 3.05) is 33.3 Å². The lowest BCUT2D eigenvalue weighted by molar-refractivity contribution is -0.133. The van der Waals surface area contributed by atoms with Gasteiger partial charge in [0, 0.05) is 51.3 Å². The molecule has 178 valence electrons. The van der Waals surface area contributed by atoms with Crippen molar-refractivity contribution in [2.24, 2.45) is 5.92 Å². The molecule has 33 heavy (non-hydrogen) atoms. The summed E-state index contributed by atoms with van der Waals surface area (Å²) in [6, 6.07) is 14.1. The molecule has 2 aromatic rings. The molecule has 2 aromatic carbocycles. The van der Waals surface area contributed by atoms with Crippen LogP contribution < -0.4 is 14.8 Å². The highest BCUT2D eigenvalue weighted by Gasteiger charge is 2.21. The lowest BCUT2D eigenvalue weighted by atomic mass is 10.1. The Morgan fingerprint density at radius 1 is 1.06 bits per heavy atom. The number of piperazine rings is 1. The van der Waals surface area contributed by atoms with Crippen LogP contribution in [0.5, 0.6) is 11.5 Å². The van der Waals surface area contributed by atoms with Crippen molar-refractivity contribution in [1.82, 2.24) is 15.1 Å². The maximum atomic E-state index is 12.3.